The topological polar surface area (TPSA) is 29.5 Å². The quantitative estimate of drug-likeness (QED) is 0.493. The maximum atomic E-state index is 10.9. The van der Waals surface area contributed by atoms with Gasteiger partial charge in [-0.2, -0.15) is 0 Å². The van der Waals surface area contributed by atoms with Crippen molar-refractivity contribution in [2.75, 3.05) is 0 Å². The Morgan fingerprint density at radius 1 is 1.26 bits per heavy atom. The maximum Gasteiger partial charge on any atom is 0.192 e. The monoisotopic (exact) mass is 267 g/mol. The summed E-state index contributed by atoms with van der Waals surface area (Å²) in [5.74, 6) is 3.04. The van der Waals surface area contributed by atoms with Crippen molar-refractivity contribution in [3.05, 3.63) is 53.6 Å². The van der Waals surface area contributed by atoms with Gasteiger partial charge in [-0.25, -0.2) is 0 Å². The lowest BCUT2D eigenvalue weighted by molar-refractivity contribution is 0.147. The van der Waals surface area contributed by atoms with Gasteiger partial charge in [0, 0.05) is 0 Å². The number of terminal acetylenes is 1. The highest BCUT2D eigenvalue weighted by molar-refractivity contribution is 7.10. The third kappa shape index (κ3) is 1.77. The summed E-state index contributed by atoms with van der Waals surface area (Å²) in [6.45, 7) is 0. The van der Waals surface area contributed by atoms with Gasteiger partial charge in [0.05, 0.1) is 10.7 Å². The fourth-order valence-corrected chi connectivity index (χ4v) is 2.59. The van der Waals surface area contributed by atoms with Crippen LogP contribution in [0.25, 0.3) is 0 Å². The van der Waals surface area contributed by atoms with Crippen LogP contribution in [0.5, 0.6) is 5.75 Å². The first-order chi connectivity index (χ1) is 9.69. The zero-order valence-corrected chi connectivity index (χ0v) is 11.1. The summed E-state index contributed by atoms with van der Waals surface area (Å²) in [7, 11) is 1.59. The number of rotatable bonds is 2. The third-order valence-corrected chi connectivity index (χ3v) is 3.64. The van der Waals surface area contributed by atoms with Crippen LogP contribution in [-0.4, -0.2) is 13.7 Å². The average Bonchev–Trinajstić information content (AvgIpc) is 2.48. The van der Waals surface area contributed by atoms with E-state index in [2.05, 4.69) is 5.92 Å². The smallest absolute Gasteiger partial charge is 0.192 e. The van der Waals surface area contributed by atoms with Gasteiger partial charge in [0.15, 0.2) is 12.9 Å². The van der Waals surface area contributed by atoms with Gasteiger partial charge in [-0.15, -0.1) is 6.42 Å². The second-order valence-electron chi connectivity index (χ2n) is 4.44. The van der Waals surface area contributed by atoms with Crippen LogP contribution in [0.4, 0.5) is 0 Å². The van der Waals surface area contributed by atoms with Gasteiger partial charge in [0.2, 0.25) is 0 Å². The zero-order valence-electron chi connectivity index (χ0n) is 11.1. The molecule has 2 aromatic carbocycles. The molecule has 1 radical (unpaired) electrons. The molecule has 0 saturated heterocycles. The summed E-state index contributed by atoms with van der Waals surface area (Å²) in [6, 6.07) is 12.9. The number of hydrogen-bond donors (Lipinski definition) is 1. The average molecular weight is 267 g/mol. The van der Waals surface area contributed by atoms with Crippen molar-refractivity contribution < 1.29 is 9.63 Å². The first-order valence-electron chi connectivity index (χ1n) is 6.31. The fourth-order valence-electron chi connectivity index (χ4n) is 2.46. The van der Waals surface area contributed by atoms with E-state index >= 15 is 0 Å². The Morgan fingerprint density at radius 2 is 2.05 bits per heavy atom. The predicted molar refractivity (Wildman–Crippen MR) is 80.1 cm³/mol. The molecular formula is C15H11BO2P. The Morgan fingerprint density at radius 3 is 2.84 bits per heavy atom. The van der Waals surface area contributed by atoms with E-state index in [0.717, 1.165) is 10.9 Å². The zero-order chi connectivity index (χ0) is 14.2. The molecule has 91 valence electrons. The van der Waals surface area contributed by atoms with Crippen molar-refractivity contribution in [3.8, 4) is 18.1 Å². The van der Waals surface area contributed by atoms with E-state index in [4.69, 9.17) is 12.2 Å². The van der Waals surface area contributed by atoms with Gasteiger partial charge in [-0.1, -0.05) is 47.2 Å². The van der Waals surface area contributed by atoms with Crippen LogP contribution >= 0.6 is 9.41 Å². The predicted octanol–water partition coefficient (Wildman–Crippen LogP) is 0.693. The minimum absolute atomic E-state index is 0.399. The van der Waals surface area contributed by atoms with E-state index in [-0.39, 0.29) is 0 Å². The molecule has 0 bridgehead atoms. The second kappa shape index (κ2) is 4.42. The molecule has 4 heteroatoms. The summed E-state index contributed by atoms with van der Waals surface area (Å²) in [5.41, 5.74) is 1.63. The summed E-state index contributed by atoms with van der Waals surface area (Å²) in [5, 5.41) is 10.9. The lowest BCUT2D eigenvalue weighted by atomic mass is 9.53. The van der Waals surface area contributed by atoms with Crippen LogP contribution in [0.1, 0.15) is 11.1 Å². The fraction of sp³-hybridized carbons (Fsp3) is 0.0667. The number of hydrogen-bond acceptors (Lipinski definition) is 2. The first-order valence-corrected chi connectivity index (χ1v) is 6.22. The van der Waals surface area contributed by atoms with Crippen LogP contribution in [0.15, 0.2) is 42.5 Å². The van der Waals surface area contributed by atoms with Crippen molar-refractivity contribution >= 4 is 27.6 Å². The largest absolute Gasteiger partial charge is 0.480 e. The van der Waals surface area contributed by atoms with Crippen molar-refractivity contribution in [1.82, 2.24) is 0 Å². The molecule has 1 heterocycles. The molecule has 0 spiro atoms. The molecule has 0 fully saturated rings. The minimum Gasteiger partial charge on any atom is -0.480 e. The normalized spacial score (nSPS) is 20.9. The SMILES string of the molecule is [3H]POc1ccc2c(c1)C(O)(C#C)c1ccccc1[B]2. The lowest BCUT2D eigenvalue weighted by Gasteiger charge is -2.32. The van der Waals surface area contributed by atoms with E-state index in [0.29, 0.717) is 16.9 Å². The van der Waals surface area contributed by atoms with Gasteiger partial charge in [0.1, 0.15) is 5.75 Å². The van der Waals surface area contributed by atoms with Crippen LogP contribution < -0.4 is 15.4 Å². The number of aliphatic hydroxyl groups is 1. The van der Waals surface area contributed by atoms with Crippen LogP contribution in [0.2, 0.25) is 0 Å². The van der Waals surface area contributed by atoms with E-state index in [9.17, 15) is 5.11 Å². The molecule has 3 rings (SSSR count). The first kappa shape index (κ1) is 11.1. The van der Waals surface area contributed by atoms with Crippen LogP contribution in [0, 0.1) is 12.3 Å². The molecule has 0 aromatic heterocycles. The molecular weight excluding hydrogens is 254 g/mol. The molecule has 1 aliphatic heterocycles. The Kier molecular flexibility index (Phi) is 2.59. The standard InChI is InChI=1S/C15H11BO2P/c1-2-15(17)11-5-3-4-6-13(11)16-14-8-7-10(18-19)9-12(14)15/h1,3-9,17H,19H2/i19T. The van der Waals surface area contributed by atoms with Gasteiger partial charge >= 0.3 is 0 Å². The minimum atomic E-state index is -1.47. The van der Waals surface area contributed by atoms with Crippen LogP contribution in [-0.2, 0) is 5.60 Å². The van der Waals surface area contributed by atoms with Gasteiger partial charge < -0.3 is 9.63 Å². The highest BCUT2D eigenvalue weighted by Gasteiger charge is 2.37. The van der Waals surface area contributed by atoms with Crippen molar-refractivity contribution in [2.24, 2.45) is 0 Å². The Bertz CT molecular complexity index is 713. The Balaban J connectivity index is 2.21. The van der Waals surface area contributed by atoms with E-state index in [1.807, 2.05) is 37.6 Å². The molecule has 2 atom stereocenters. The molecule has 0 amide bonds. The van der Waals surface area contributed by atoms with E-state index < -0.39 is 15.0 Å². The van der Waals surface area contributed by atoms with Crippen molar-refractivity contribution in [3.63, 3.8) is 0 Å². The Labute approximate surface area is 116 Å². The van der Waals surface area contributed by atoms with Crippen molar-refractivity contribution in [2.45, 2.75) is 5.60 Å². The summed E-state index contributed by atoms with van der Waals surface area (Å²) in [4.78, 5) is 0. The highest BCUT2D eigenvalue weighted by atomic mass is 31.0. The number of fused-ring (bicyclic) bond motifs is 2. The van der Waals surface area contributed by atoms with Gasteiger partial charge in [0.25, 0.3) is 0 Å². The summed E-state index contributed by atoms with van der Waals surface area (Å²) < 4.78 is 12.3. The molecule has 0 saturated carbocycles. The lowest BCUT2D eigenvalue weighted by Crippen LogP contribution is -2.47. The molecule has 1 N–H and O–H groups in total. The molecule has 19 heavy (non-hydrogen) atoms. The van der Waals surface area contributed by atoms with Crippen LogP contribution in [0.3, 0.4) is 0 Å². The van der Waals surface area contributed by atoms with Gasteiger partial charge in [-0.05, 0) is 23.3 Å². The highest BCUT2D eigenvalue weighted by Crippen LogP contribution is 2.31. The van der Waals surface area contributed by atoms with Crippen molar-refractivity contribution in [1.29, 1.82) is 1.28 Å². The molecule has 2 unspecified atom stereocenters. The maximum absolute atomic E-state index is 10.9. The number of benzene rings is 2. The van der Waals surface area contributed by atoms with E-state index in [1.165, 1.54) is 0 Å². The van der Waals surface area contributed by atoms with Gasteiger partial charge in [-0.3, -0.25) is 0 Å². The third-order valence-electron chi connectivity index (χ3n) is 3.40. The summed E-state index contributed by atoms with van der Waals surface area (Å²) >= 11 is 0. The molecule has 2 nitrogen and oxygen atoms in total. The molecule has 0 aliphatic carbocycles. The van der Waals surface area contributed by atoms with E-state index in [1.54, 1.807) is 12.1 Å². The molecule has 1 aliphatic rings. The Hall–Kier alpha value is -1.75. The summed E-state index contributed by atoms with van der Waals surface area (Å²) in [6.07, 6.45) is 5.60. The second-order valence-corrected chi connectivity index (χ2v) is 4.64. The molecule has 2 aromatic rings.